The average molecular weight is 278 g/mol. The Hall–Kier alpha value is -1.29. The van der Waals surface area contributed by atoms with Gasteiger partial charge in [-0.3, -0.25) is 0 Å². The van der Waals surface area contributed by atoms with Crippen molar-refractivity contribution in [1.82, 2.24) is 0 Å². The molecule has 4 nitrogen and oxygen atoms in total. The van der Waals surface area contributed by atoms with Crippen LogP contribution in [0.4, 0.5) is 0 Å². The van der Waals surface area contributed by atoms with Gasteiger partial charge in [0.2, 0.25) is 0 Å². The minimum absolute atomic E-state index is 0.249. The van der Waals surface area contributed by atoms with Crippen LogP contribution in [0.25, 0.3) is 0 Å². The second kappa shape index (κ2) is 4.67. The first-order valence-electron chi connectivity index (χ1n) is 6.05. The Bertz CT molecular complexity index is 554. The van der Waals surface area contributed by atoms with E-state index in [1.165, 1.54) is 0 Å². The van der Waals surface area contributed by atoms with Crippen molar-refractivity contribution in [2.24, 2.45) is 0 Å². The van der Waals surface area contributed by atoms with Crippen LogP contribution in [0.2, 0.25) is 0 Å². The molecule has 0 aliphatic carbocycles. The van der Waals surface area contributed by atoms with Crippen LogP contribution in [0.15, 0.2) is 60.7 Å². The van der Waals surface area contributed by atoms with Crippen molar-refractivity contribution in [2.75, 3.05) is 0 Å². The Morgan fingerprint density at radius 2 is 1.37 bits per heavy atom. The third-order valence-electron chi connectivity index (χ3n) is 2.93. The summed E-state index contributed by atoms with van der Waals surface area (Å²) >= 11 is 0. The van der Waals surface area contributed by atoms with E-state index in [1.54, 1.807) is 0 Å². The predicted molar refractivity (Wildman–Crippen MR) is 72.7 cm³/mol. The summed E-state index contributed by atoms with van der Waals surface area (Å²) in [5.41, 5.74) is 1.89. The van der Waals surface area contributed by atoms with Crippen molar-refractivity contribution in [3.05, 3.63) is 71.8 Å². The van der Waals surface area contributed by atoms with Gasteiger partial charge in [-0.05, 0) is 0 Å². The molecule has 1 heterocycles. The fraction of sp³-hybridized carbons (Fsp3) is 0.143. The normalized spacial score (nSPS) is 21.2. The number of hydrogen-bond acceptors (Lipinski definition) is 4. The fourth-order valence-corrected chi connectivity index (χ4v) is 3.78. The van der Waals surface area contributed by atoms with E-state index in [0.717, 1.165) is 11.1 Å². The zero-order valence-corrected chi connectivity index (χ0v) is 11.2. The van der Waals surface area contributed by atoms with Gasteiger partial charge in [-0.25, -0.2) is 0 Å². The molecule has 0 amide bonds. The SMILES string of the molecule is OP1(Cc2ccccc2)(OCc2ccccc2)OO1. The van der Waals surface area contributed by atoms with Crippen LogP contribution in [0.5, 0.6) is 0 Å². The number of hydrogen-bond donors (Lipinski definition) is 1. The molecular formula is C14H15O4P. The Morgan fingerprint density at radius 3 is 1.89 bits per heavy atom. The molecule has 0 saturated carbocycles. The van der Waals surface area contributed by atoms with Gasteiger partial charge in [-0.2, -0.15) is 0 Å². The second-order valence-electron chi connectivity index (χ2n) is 4.55. The molecule has 2 aromatic rings. The molecule has 0 radical (unpaired) electrons. The standard InChI is InChI=1S/C14H15O4P/c15-19(17-18-19,12-14-9-5-2-6-10-14)16-11-13-7-3-1-4-8-13/h1-10,15H,11-12H2. The molecule has 1 saturated heterocycles. The molecule has 0 aromatic heterocycles. The van der Waals surface area contributed by atoms with Crippen LogP contribution in [0, 0.1) is 0 Å². The van der Waals surface area contributed by atoms with Gasteiger partial charge in [0.1, 0.15) is 0 Å². The van der Waals surface area contributed by atoms with Crippen LogP contribution >= 0.6 is 7.51 Å². The summed E-state index contributed by atoms with van der Waals surface area (Å²) in [6.07, 6.45) is 0.249. The van der Waals surface area contributed by atoms with Crippen LogP contribution in [-0.4, -0.2) is 4.89 Å². The van der Waals surface area contributed by atoms with Crippen LogP contribution in [0.3, 0.4) is 0 Å². The zero-order valence-electron chi connectivity index (χ0n) is 10.3. The Labute approximate surface area is 111 Å². The van der Waals surface area contributed by atoms with Gasteiger partial charge >= 0.3 is 111 Å². The summed E-state index contributed by atoms with van der Waals surface area (Å²) in [5.74, 6) is 0. The summed E-state index contributed by atoms with van der Waals surface area (Å²) < 4.78 is 15.3. The van der Waals surface area contributed by atoms with Gasteiger partial charge in [-0.15, -0.1) is 0 Å². The van der Waals surface area contributed by atoms with Crippen molar-refractivity contribution in [3.63, 3.8) is 0 Å². The molecule has 100 valence electrons. The third-order valence-corrected chi connectivity index (χ3v) is 5.07. The molecule has 0 bridgehead atoms. The molecule has 0 spiro atoms. The van der Waals surface area contributed by atoms with E-state index in [4.69, 9.17) is 13.9 Å². The van der Waals surface area contributed by atoms with E-state index in [1.807, 2.05) is 60.7 Å². The van der Waals surface area contributed by atoms with E-state index in [-0.39, 0.29) is 12.8 Å². The third kappa shape index (κ3) is 3.00. The van der Waals surface area contributed by atoms with E-state index in [2.05, 4.69) is 0 Å². The van der Waals surface area contributed by atoms with Crippen molar-refractivity contribution in [1.29, 1.82) is 0 Å². The van der Waals surface area contributed by atoms with Crippen molar-refractivity contribution >= 4 is 7.51 Å². The molecule has 1 aliphatic rings. The van der Waals surface area contributed by atoms with Gasteiger partial charge in [0, 0.05) is 0 Å². The van der Waals surface area contributed by atoms with Crippen molar-refractivity contribution in [3.8, 4) is 0 Å². The molecule has 1 fully saturated rings. The van der Waals surface area contributed by atoms with E-state index in [0.29, 0.717) is 0 Å². The maximum absolute atomic E-state index is 10.5. The molecule has 1 N–H and O–H groups in total. The quantitative estimate of drug-likeness (QED) is 0.516. The summed E-state index contributed by atoms with van der Waals surface area (Å²) in [5, 5.41) is 0. The van der Waals surface area contributed by atoms with Crippen LogP contribution < -0.4 is 0 Å². The number of benzene rings is 2. The Balaban J connectivity index is 1.68. The zero-order chi connectivity index (χ0) is 13.2. The Morgan fingerprint density at radius 1 is 0.842 bits per heavy atom. The fourth-order valence-electron chi connectivity index (χ4n) is 1.86. The molecule has 0 unspecified atom stereocenters. The van der Waals surface area contributed by atoms with Crippen LogP contribution in [0.1, 0.15) is 11.1 Å². The molecule has 2 aromatic carbocycles. The van der Waals surface area contributed by atoms with Gasteiger partial charge in [0.05, 0.1) is 0 Å². The maximum atomic E-state index is 10.5. The molecule has 5 heteroatoms. The number of rotatable bonds is 5. The first-order chi connectivity index (χ1) is 9.16. The Kier molecular flexibility index (Phi) is 3.13. The second-order valence-corrected chi connectivity index (χ2v) is 7.42. The van der Waals surface area contributed by atoms with E-state index in [9.17, 15) is 4.89 Å². The minimum atomic E-state index is -3.85. The topological polar surface area (TPSA) is 54.5 Å². The van der Waals surface area contributed by atoms with E-state index >= 15 is 0 Å². The molecule has 3 rings (SSSR count). The molecular weight excluding hydrogens is 263 g/mol. The van der Waals surface area contributed by atoms with Gasteiger partial charge < -0.3 is 0 Å². The summed E-state index contributed by atoms with van der Waals surface area (Å²) in [7, 11) is -3.85. The van der Waals surface area contributed by atoms with Gasteiger partial charge in [0.15, 0.2) is 0 Å². The average Bonchev–Trinajstić information content (AvgIpc) is 3.13. The van der Waals surface area contributed by atoms with Crippen molar-refractivity contribution < 1.29 is 18.8 Å². The van der Waals surface area contributed by atoms with Gasteiger partial charge in [0.25, 0.3) is 0 Å². The first kappa shape index (κ1) is 12.7. The molecule has 0 atom stereocenters. The predicted octanol–water partition coefficient (Wildman–Crippen LogP) is 3.57. The monoisotopic (exact) mass is 278 g/mol. The van der Waals surface area contributed by atoms with E-state index < -0.39 is 7.51 Å². The molecule has 19 heavy (non-hydrogen) atoms. The first-order valence-corrected chi connectivity index (χ1v) is 8.18. The summed E-state index contributed by atoms with van der Waals surface area (Å²) in [6, 6.07) is 19.1. The van der Waals surface area contributed by atoms with Crippen molar-refractivity contribution in [2.45, 2.75) is 12.8 Å². The summed E-state index contributed by atoms with van der Waals surface area (Å²) in [4.78, 5) is 10.5. The summed E-state index contributed by atoms with van der Waals surface area (Å²) in [6.45, 7) is 0.266. The van der Waals surface area contributed by atoms with Gasteiger partial charge in [-0.1, -0.05) is 0 Å². The van der Waals surface area contributed by atoms with Crippen LogP contribution in [-0.2, 0) is 26.6 Å². The molecule has 1 aliphatic heterocycles.